The van der Waals surface area contributed by atoms with E-state index in [4.69, 9.17) is 9.47 Å². The highest BCUT2D eigenvalue weighted by Crippen LogP contribution is 2.34. The van der Waals surface area contributed by atoms with Gasteiger partial charge in [0.15, 0.2) is 11.5 Å². The molecule has 0 unspecified atom stereocenters. The number of nitrogens with one attached hydrogen (secondary N) is 1. The van der Waals surface area contributed by atoms with Gasteiger partial charge in [-0.25, -0.2) is 4.98 Å². The van der Waals surface area contributed by atoms with Gasteiger partial charge in [-0.15, -0.1) is 23.1 Å². The number of fused-ring (bicyclic) bond motifs is 1. The topological polar surface area (TPSA) is 80.8 Å². The fourth-order valence-electron chi connectivity index (χ4n) is 3.83. The molecule has 2 heterocycles. The number of carbonyl (C=O) groups is 2. The van der Waals surface area contributed by atoms with E-state index in [1.165, 1.54) is 26.0 Å². The number of carbonyl (C=O) groups excluding carboxylic acids is 2. The van der Waals surface area contributed by atoms with Gasteiger partial charge in [0.25, 0.3) is 5.91 Å². The summed E-state index contributed by atoms with van der Waals surface area (Å²) in [6.45, 7) is 1.44. The third-order valence-electron chi connectivity index (χ3n) is 5.47. The minimum absolute atomic E-state index is 0.104. The number of anilines is 1. The van der Waals surface area contributed by atoms with Crippen molar-refractivity contribution in [3.05, 3.63) is 47.0 Å². The molecule has 1 aliphatic rings. The molecule has 0 radical (unpaired) electrons. The molecule has 4 rings (SSSR count). The van der Waals surface area contributed by atoms with E-state index in [9.17, 15) is 9.59 Å². The van der Waals surface area contributed by atoms with Crippen LogP contribution < -0.4 is 14.8 Å². The van der Waals surface area contributed by atoms with Crippen LogP contribution in [0.2, 0.25) is 0 Å². The van der Waals surface area contributed by atoms with Crippen LogP contribution in [-0.2, 0) is 10.5 Å². The van der Waals surface area contributed by atoms with Crippen LogP contribution in [-0.4, -0.2) is 54.8 Å². The number of nitrogens with zero attached hydrogens (tertiary/aromatic N) is 2. The number of aromatic nitrogens is 1. The maximum Gasteiger partial charge on any atom is 0.256 e. The lowest BCUT2D eigenvalue weighted by molar-refractivity contribution is -0.113. The molecule has 1 N–H and O–H groups in total. The zero-order chi connectivity index (χ0) is 23.2. The van der Waals surface area contributed by atoms with Crippen molar-refractivity contribution in [2.24, 2.45) is 0 Å². The van der Waals surface area contributed by atoms with Gasteiger partial charge in [-0.05, 0) is 37.5 Å². The third kappa shape index (κ3) is 5.59. The second kappa shape index (κ2) is 10.9. The van der Waals surface area contributed by atoms with Crippen molar-refractivity contribution in [1.29, 1.82) is 0 Å². The number of thioether (sulfide) groups is 1. The van der Waals surface area contributed by atoms with Gasteiger partial charge in [-0.2, -0.15) is 0 Å². The molecule has 1 fully saturated rings. The molecule has 1 aliphatic heterocycles. The summed E-state index contributed by atoms with van der Waals surface area (Å²) in [4.78, 5) is 32.4. The number of hydrogen-bond donors (Lipinski definition) is 1. The molecule has 1 saturated heterocycles. The standard InChI is InChI=1S/C24H27N3O4S2/c1-30-19-12-16(24(29)27-10-6-3-7-11-27)18(13-20(19)31-2)25-22(28)14-32-15-23-26-17-8-4-5-9-21(17)33-23/h4-5,8-9,12-13H,3,6-7,10-11,14-15H2,1-2H3,(H,25,28). The summed E-state index contributed by atoms with van der Waals surface area (Å²) in [5.74, 6) is 1.54. The number of benzene rings is 2. The first-order valence-corrected chi connectivity index (χ1v) is 12.8. The zero-order valence-corrected chi connectivity index (χ0v) is 20.4. The molecule has 0 atom stereocenters. The maximum absolute atomic E-state index is 13.2. The van der Waals surface area contributed by atoms with Crippen molar-refractivity contribution in [2.45, 2.75) is 25.0 Å². The fraction of sp³-hybridized carbons (Fsp3) is 0.375. The molecule has 9 heteroatoms. The Morgan fingerprint density at radius 2 is 1.82 bits per heavy atom. The number of methoxy groups -OCH3 is 2. The molecule has 33 heavy (non-hydrogen) atoms. The van der Waals surface area contributed by atoms with E-state index in [2.05, 4.69) is 10.3 Å². The Hall–Kier alpha value is -2.78. The molecule has 7 nitrogen and oxygen atoms in total. The Labute approximate surface area is 201 Å². The number of rotatable bonds is 8. The van der Waals surface area contributed by atoms with Gasteiger partial charge in [-0.3, -0.25) is 9.59 Å². The number of hydrogen-bond acceptors (Lipinski definition) is 7. The highest BCUT2D eigenvalue weighted by Gasteiger charge is 2.24. The smallest absolute Gasteiger partial charge is 0.256 e. The van der Waals surface area contributed by atoms with Crippen LogP contribution in [0, 0.1) is 0 Å². The van der Waals surface area contributed by atoms with Crippen LogP contribution in [0.3, 0.4) is 0 Å². The summed E-state index contributed by atoms with van der Waals surface area (Å²) in [7, 11) is 3.06. The normalized spacial score (nSPS) is 13.7. The SMILES string of the molecule is COc1cc(NC(=O)CSCc2nc3ccccc3s2)c(C(=O)N2CCCCC2)cc1OC. The van der Waals surface area contributed by atoms with Gasteiger partial charge in [0.05, 0.1) is 41.4 Å². The van der Waals surface area contributed by atoms with Gasteiger partial charge in [0.2, 0.25) is 5.91 Å². The zero-order valence-electron chi connectivity index (χ0n) is 18.8. The van der Waals surface area contributed by atoms with E-state index in [1.807, 2.05) is 29.2 Å². The molecule has 2 aromatic carbocycles. The van der Waals surface area contributed by atoms with E-state index in [0.717, 1.165) is 47.6 Å². The van der Waals surface area contributed by atoms with Crippen molar-refractivity contribution in [3.8, 4) is 11.5 Å². The average Bonchev–Trinajstić information content (AvgIpc) is 3.26. The molecule has 2 amide bonds. The molecule has 0 aliphatic carbocycles. The van der Waals surface area contributed by atoms with Crippen LogP contribution >= 0.6 is 23.1 Å². The number of piperidine rings is 1. The van der Waals surface area contributed by atoms with Gasteiger partial charge in [-0.1, -0.05) is 12.1 Å². The first kappa shape index (κ1) is 23.4. The first-order valence-electron chi connectivity index (χ1n) is 10.9. The van der Waals surface area contributed by atoms with E-state index in [-0.39, 0.29) is 17.6 Å². The molecule has 1 aromatic heterocycles. The van der Waals surface area contributed by atoms with Crippen LogP contribution in [0.1, 0.15) is 34.6 Å². The van der Waals surface area contributed by atoms with Crippen LogP contribution in [0.4, 0.5) is 5.69 Å². The largest absolute Gasteiger partial charge is 0.493 e. The van der Waals surface area contributed by atoms with E-state index in [1.54, 1.807) is 23.5 Å². The number of para-hydroxylation sites is 1. The van der Waals surface area contributed by atoms with Crippen LogP contribution in [0.5, 0.6) is 11.5 Å². The van der Waals surface area contributed by atoms with Gasteiger partial charge >= 0.3 is 0 Å². The minimum Gasteiger partial charge on any atom is -0.493 e. The lowest BCUT2D eigenvalue weighted by Gasteiger charge is -2.28. The van der Waals surface area contributed by atoms with Crippen molar-refractivity contribution < 1.29 is 19.1 Å². The van der Waals surface area contributed by atoms with E-state index >= 15 is 0 Å². The monoisotopic (exact) mass is 485 g/mol. The Morgan fingerprint density at radius 3 is 2.55 bits per heavy atom. The van der Waals surface area contributed by atoms with Crippen molar-refractivity contribution in [1.82, 2.24) is 9.88 Å². The summed E-state index contributed by atoms with van der Waals surface area (Å²) < 4.78 is 11.9. The number of likely N-dealkylation sites (tertiary alicyclic amines) is 1. The van der Waals surface area contributed by atoms with Crippen molar-refractivity contribution in [2.75, 3.05) is 38.4 Å². The van der Waals surface area contributed by atoms with E-state index in [0.29, 0.717) is 28.5 Å². The van der Waals surface area contributed by atoms with Gasteiger partial charge in [0.1, 0.15) is 5.01 Å². The molecule has 0 spiro atoms. The summed E-state index contributed by atoms with van der Waals surface area (Å²) in [6.07, 6.45) is 3.11. The Morgan fingerprint density at radius 1 is 1.09 bits per heavy atom. The summed E-state index contributed by atoms with van der Waals surface area (Å²) in [5.41, 5.74) is 1.83. The van der Waals surface area contributed by atoms with Gasteiger partial charge < -0.3 is 19.7 Å². The lowest BCUT2D eigenvalue weighted by Crippen LogP contribution is -2.36. The molecule has 174 valence electrons. The average molecular weight is 486 g/mol. The van der Waals surface area contributed by atoms with E-state index < -0.39 is 0 Å². The van der Waals surface area contributed by atoms with Crippen molar-refractivity contribution in [3.63, 3.8) is 0 Å². The Kier molecular flexibility index (Phi) is 7.72. The number of ether oxygens (including phenoxy) is 2. The Balaban J connectivity index is 1.45. The summed E-state index contributed by atoms with van der Waals surface area (Å²) in [6, 6.07) is 11.3. The van der Waals surface area contributed by atoms with Gasteiger partial charge in [0, 0.05) is 24.9 Å². The first-order chi connectivity index (χ1) is 16.1. The highest BCUT2D eigenvalue weighted by molar-refractivity contribution is 7.99. The molecule has 0 saturated carbocycles. The second-order valence-electron chi connectivity index (χ2n) is 7.72. The van der Waals surface area contributed by atoms with Crippen LogP contribution in [0.25, 0.3) is 10.2 Å². The lowest BCUT2D eigenvalue weighted by atomic mass is 10.1. The predicted molar refractivity (Wildman–Crippen MR) is 134 cm³/mol. The summed E-state index contributed by atoms with van der Waals surface area (Å²) >= 11 is 3.13. The quantitative estimate of drug-likeness (QED) is 0.493. The van der Waals surface area contributed by atoms with Crippen molar-refractivity contribution >= 4 is 50.8 Å². The maximum atomic E-state index is 13.2. The molecule has 0 bridgehead atoms. The highest BCUT2D eigenvalue weighted by atomic mass is 32.2. The molecular formula is C24H27N3O4S2. The number of amides is 2. The number of thiazole rings is 1. The predicted octanol–water partition coefficient (Wildman–Crippen LogP) is 4.81. The fourth-order valence-corrected chi connectivity index (χ4v) is 5.67. The van der Waals surface area contributed by atoms with Crippen LogP contribution in [0.15, 0.2) is 36.4 Å². The molecule has 3 aromatic rings. The summed E-state index contributed by atoms with van der Waals surface area (Å²) in [5, 5.41) is 3.90. The Bertz CT molecular complexity index is 1110. The third-order valence-corrected chi connectivity index (χ3v) is 7.63. The minimum atomic E-state index is -0.180. The second-order valence-corrected chi connectivity index (χ2v) is 9.82. The molecular weight excluding hydrogens is 458 g/mol.